The molecule has 0 bridgehead atoms. The number of aryl methyl sites for hydroxylation is 3. The Morgan fingerprint density at radius 3 is 2.35 bits per heavy atom. The first-order valence-corrected chi connectivity index (χ1v) is 8.59. The number of anilines is 1. The molecule has 1 amide bonds. The number of quaternary nitrogens is 1. The monoisotopic (exact) mass is 361 g/mol. The average molecular weight is 361 g/mol. The number of aromatic nitrogens is 2. The molecule has 0 fully saturated rings. The molecule has 1 heterocycles. The van der Waals surface area contributed by atoms with E-state index in [1.165, 1.54) is 0 Å². The van der Waals surface area contributed by atoms with Gasteiger partial charge in [-0.05, 0) is 38.5 Å². The van der Waals surface area contributed by atoms with Crippen molar-refractivity contribution in [2.45, 2.75) is 27.3 Å². The third-order valence-electron chi connectivity index (χ3n) is 4.57. The number of benzene rings is 1. The molecule has 1 aromatic carbocycles. The highest BCUT2D eigenvalue weighted by Crippen LogP contribution is 2.29. The van der Waals surface area contributed by atoms with E-state index in [2.05, 4.69) is 10.4 Å². The van der Waals surface area contributed by atoms with Gasteiger partial charge >= 0.3 is 0 Å². The van der Waals surface area contributed by atoms with Crippen molar-refractivity contribution in [3.8, 4) is 11.5 Å². The van der Waals surface area contributed by atoms with E-state index < -0.39 is 0 Å². The zero-order chi connectivity index (χ0) is 19.4. The maximum Gasteiger partial charge on any atom is 0.279 e. The number of amides is 1. The summed E-state index contributed by atoms with van der Waals surface area (Å²) < 4.78 is 12.5. The third-order valence-corrected chi connectivity index (χ3v) is 4.57. The van der Waals surface area contributed by atoms with Crippen LogP contribution in [0.4, 0.5) is 5.69 Å². The number of likely N-dealkylation sites (N-methyl/N-ethyl adjacent to an activating group) is 1. The molecule has 2 aromatic rings. The third kappa shape index (κ3) is 4.35. The minimum absolute atomic E-state index is 0.0279. The molecule has 1 atom stereocenters. The predicted molar refractivity (Wildman–Crippen MR) is 101 cm³/mol. The van der Waals surface area contributed by atoms with Gasteiger partial charge < -0.3 is 19.7 Å². The first-order valence-electron chi connectivity index (χ1n) is 8.59. The summed E-state index contributed by atoms with van der Waals surface area (Å²) in [6.07, 6.45) is 0. The zero-order valence-corrected chi connectivity index (χ0v) is 16.7. The Morgan fingerprint density at radius 2 is 1.81 bits per heavy atom. The number of hydrogen-bond acceptors (Lipinski definition) is 4. The van der Waals surface area contributed by atoms with Gasteiger partial charge in [0.25, 0.3) is 5.91 Å². The van der Waals surface area contributed by atoms with Crippen LogP contribution in [0.25, 0.3) is 0 Å². The second-order valence-corrected chi connectivity index (χ2v) is 6.66. The second-order valence-electron chi connectivity index (χ2n) is 6.66. The largest absolute Gasteiger partial charge is 0.493 e. The summed E-state index contributed by atoms with van der Waals surface area (Å²) in [6, 6.07) is 3.94. The number of methoxy groups -OCH3 is 2. The Bertz CT molecular complexity index is 799. The van der Waals surface area contributed by atoms with E-state index >= 15 is 0 Å². The summed E-state index contributed by atoms with van der Waals surface area (Å²) in [6.45, 7) is 6.95. The van der Waals surface area contributed by atoms with Gasteiger partial charge in [-0.1, -0.05) is 0 Å². The van der Waals surface area contributed by atoms with Crippen LogP contribution < -0.4 is 19.7 Å². The molecule has 26 heavy (non-hydrogen) atoms. The lowest BCUT2D eigenvalue weighted by Crippen LogP contribution is -3.08. The number of carbonyl (C=O) groups excluding carboxylic acids is 1. The maximum absolute atomic E-state index is 12.4. The molecular formula is C19H29N4O3+. The van der Waals surface area contributed by atoms with Crippen LogP contribution in [0.3, 0.4) is 0 Å². The Kier molecular flexibility index (Phi) is 6.26. The summed E-state index contributed by atoms with van der Waals surface area (Å²) in [5.74, 6) is 1.39. The van der Waals surface area contributed by atoms with E-state index in [9.17, 15) is 4.79 Å². The number of carbonyl (C=O) groups is 1. The molecule has 0 aliphatic carbocycles. The molecular weight excluding hydrogens is 332 g/mol. The van der Waals surface area contributed by atoms with E-state index in [0.717, 1.165) is 33.1 Å². The molecule has 0 spiro atoms. The Morgan fingerprint density at radius 1 is 1.19 bits per heavy atom. The second kappa shape index (κ2) is 8.23. The molecule has 7 heteroatoms. The molecule has 2 N–H and O–H groups in total. The van der Waals surface area contributed by atoms with E-state index in [-0.39, 0.29) is 5.91 Å². The first-order chi connectivity index (χ1) is 12.3. The van der Waals surface area contributed by atoms with Crippen LogP contribution in [0.5, 0.6) is 11.5 Å². The molecule has 0 radical (unpaired) electrons. The molecule has 0 saturated heterocycles. The lowest BCUT2D eigenvalue weighted by atomic mass is 10.1. The van der Waals surface area contributed by atoms with Crippen LogP contribution in [-0.2, 0) is 18.4 Å². The quantitative estimate of drug-likeness (QED) is 0.772. The van der Waals surface area contributed by atoms with Gasteiger partial charge in [0.05, 0.1) is 38.3 Å². The van der Waals surface area contributed by atoms with E-state index in [1.54, 1.807) is 18.9 Å². The SMILES string of the molecule is COc1cc(C)c(C[NH+](C)CC(=O)Nc2c(C)nn(C)c2C)cc1OC. The maximum atomic E-state index is 12.4. The van der Waals surface area contributed by atoms with Crippen molar-refractivity contribution in [1.82, 2.24) is 9.78 Å². The normalized spacial score (nSPS) is 12.0. The lowest BCUT2D eigenvalue weighted by molar-refractivity contribution is -0.885. The Hall–Kier alpha value is -2.54. The van der Waals surface area contributed by atoms with Crippen LogP contribution in [0, 0.1) is 20.8 Å². The minimum Gasteiger partial charge on any atom is -0.493 e. The summed E-state index contributed by atoms with van der Waals surface area (Å²) in [4.78, 5) is 13.5. The van der Waals surface area contributed by atoms with E-state index in [4.69, 9.17) is 9.47 Å². The summed E-state index contributed by atoms with van der Waals surface area (Å²) >= 11 is 0. The van der Waals surface area contributed by atoms with Crippen molar-refractivity contribution in [2.75, 3.05) is 33.1 Å². The van der Waals surface area contributed by atoms with Gasteiger partial charge in [0.1, 0.15) is 6.54 Å². The highest BCUT2D eigenvalue weighted by molar-refractivity contribution is 5.92. The molecule has 1 unspecified atom stereocenters. The fourth-order valence-electron chi connectivity index (χ4n) is 3.01. The smallest absolute Gasteiger partial charge is 0.279 e. The lowest BCUT2D eigenvalue weighted by Gasteiger charge is -2.17. The first kappa shape index (κ1) is 19.8. The zero-order valence-electron chi connectivity index (χ0n) is 16.7. The van der Waals surface area contributed by atoms with Crippen molar-refractivity contribution in [2.24, 2.45) is 7.05 Å². The van der Waals surface area contributed by atoms with Crippen LogP contribution in [0.1, 0.15) is 22.5 Å². The number of rotatable bonds is 7. The Balaban J connectivity index is 2.04. The molecule has 0 saturated carbocycles. The van der Waals surface area contributed by atoms with Crippen molar-refractivity contribution < 1.29 is 19.2 Å². The number of ether oxygens (including phenoxy) is 2. The van der Waals surface area contributed by atoms with Crippen LogP contribution >= 0.6 is 0 Å². The van der Waals surface area contributed by atoms with Crippen LogP contribution in [0.2, 0.25) is 0 Å². The number of nitrogens with zero attached hydrogens (tertiary/aromatic N) is 2. The van der Waals surface area contributed by atoms with Crippen molar-refractivity contribution in [1.29, 1.82) is 0 Å². The molecule has 142 valence electrons. The van der Waals surface area contributed by atoms with E-state index in [1.807, 2.05) is 47.0 Å². The van der Waals surface area contributed by atoms with Gasteiger partial charge in [-0.2, -0.15) is 5.10 Å². The van der Waals surface area contributed by atoms with Crippen LogP contribution in [0.15, 0.2) is 12.1 Å². The van der Waals surface area contributed by atoms with Crippen LogP contribution in [-0.4, -0.2) is 43.5 Å². The van der Waals surface area contributed by atoms with Gasteiger partial charge in [0, 0.05) is 12.6 Å². The predicted octanol–water partition coefficient (Wildman–Crippen LogP) is 1.02. The molecule has 0 aliphatic heterocycles. The molecule has 2 rings (SSSR count). The number of nitrogens with one attached hydrogen (secondary N) is 2. The minimum atomic E-state index is -0.0279. The standard InChI is InChI=1S/C19H28N4O3/c1-12-8-16(25-6)17(26-7)9-15(12)10-22(4)11-18(24)20-19-13(2)21-23(5)14(19)3/h8-9H,10-11H2,1-7H3,(H,20,24)/p+1. The van der Waals surface area contributed by atoms with E-state index in [0.29, 0.717) is 24.6 Å². The topological polar surface area (TPSA) is 69.8 Å². The van der Waals surface area contributed by atoms with Gasteiger partial charge in [-0.15, -0.1) is 0 Å². The fraction of sp³-hybridized carbons (Fsp3) is 0.474. The molecule has 7 nitrogen and oxygen atoms in total. The van der Waals surface area contributed by atoms with Gasteiger partial charge in [0.15, 0.2) is 18.0 Å². The van der Waals surface area contributed by atoms with Crippen molar-refractivity contribution >= 4 is 11.6 Å². The highest BCUT2D eigenvalue weighted by atomic mass is 16.5. The van der Waals surface area contributed by atoms with Gasteiger partial charge in [-0.3, -0.25) is 9.48 Å². The average Bonchev–Trinajstić information content (AvgIpc) is 2.82. The van der Waals surface area contributed by atoms with Crippen molar-refractivity contribution in [3.63, 3.8) is 0 Å². The number of hydrogen-bond donors (Lipinski definition) is 2. The fourth-order valence-corrected chi connectivity index (χ4v) is 3.01. The van der Waals surface area contributed by atoms with Gasteiger partial charge in [0.2, 0.25) is 0 Å². The molecule has 0 aliphatic rings. The summed E-state index contributed by atoms with van der Waals surface area (Å²) in [5, 5.41) is 7.31. The highest BCUT2D eigenvalue weighted by Gasteiger charge is 2.17. The summed E-state index contributed by atoms with van der Waals surface area (Å²) in [5.41, 5.74) is 4.81. The Labute approximate surface area is 154 Å². The summed E-state index contributed by atoms with van der Waals surface area (Å²) in [7, 11) is 7.12. The van der Waals surface area contributed by atoms with Crippen molar-refractivity contribution in [3.05, 3.63) is 34.6 Å². The molecule has 1 aromatic heterocycles. The van der Waals surface area contributed by atoms with Gasteiger partial charge in [-0.25, -0.2) is 0 Å².